The van der Waals surface area contributed by atoms with E-state index in [1.54, 1.807) is 10.8 Å². The molecule has 3 aromatic rings. The van der Waals surface area contributed by atoms with Crippen LogP contribution in [0.4, 0.5) is 17.5 Å². The molecule has 1 aliphatic carbocycles. The van der Waals surface area contributed by atoms with Crippen molar-refractivity contribution in [2.24, 2.45) is 0 Å². The number of likely N-dealkylation sites (tertiary alicyclic amines) is 2. The molecule has 0 bridgehead atoms. The normalized spacial score (nSPS) is 22.8. The van der Waals surface area contributed by atoms with Crippen molar-refractivity contribution in [3.05, 3.63) is 46.0 Å². The number of Topliss-reactive ketones (excluding diaryl/α,β-unsaturated/α-hetero) is 1. The Labute approximate surface area is 263 Å². The molecular formula is C33H44N10O2. The summed E-state index contributed by atoms with van der Waals surface area (Å²) in [5, 5.41) is 7.37. The highest BCUT2D eigenvalue weighted by Gasteiger charge is 2.43. The van der Waals surface area contributed by atoms with Gasteiger partial charge in [-0.05, 0) is 44.4 Å². The van der Waals surface area contributed by atoms with Crippen LogP contribution < -0.4 is 21.1 Å². The van der Waals surface area contributed by atoms with Crippen LogP contribution in [0.2, 0.25) is 0 Å². The molecule has 238 valence electrons. The Morgan fingerprint density at radius 1 is 0.867 bits per heavy atom. The lowest BCUT2D eigenvalue weighted by molar-refractivity contribution is -0.0700. The van der Waals surface area contributed by atoms with Crippen LogP contribution in [0, 0.1) is 6.92 Å². The smallest absolute Gasteiger partial charge is 0.263 e. The Hall–Kier alpha value is -3.45. The van der Waals surface area contributed by atoms with Crippen molar-refractivity contribution in [3.63, 3.8) is 0 Å². The largest absolute Gasteiger partial charge is 0.368 e. The topological polar surface area (TPSA) is 115 Å². The van der Waals surface area contributed by atoms with E-state index in [4.69, 9.17) is 4.98 Å². The average molecular weight is 613 g/mol. The molecule has 0 atom stereocenters. The zero-order valence-corrected chi connectivity index (χ0v) is 26.4. The number of aryl methyl sites for hydroxylation is 1. The van der Waals surface area contributed by atoms with Gasteiger partial charge in [-0.25, -0.2) is 9.97 Å². The van der Waals surface area contributed by atoms with Crippen molar-refractivity contribution < 1.29 is 4.79 Å². The van der Waals surface area contributed by atoms with Crippen molar-refractivity contribution in [2.75, 3.05) is 75.7 Å². The number of fused-ring (bicyclic) bond motifs is 1. The van der Waals surface area contributed by atoms with Gasteiger partial charge in [0.15, 0.2) is 5.78 Å². The number of nitrogens with zero attached hydrogens (tertiary/aromatic N) is 8. The third kappa shape index (κ3) is 5.31. The number of hydrogen-bond donors (Lipinski definition) is 2. The Morgan fingerprint density at radius 3 is 2.18 bits per heavy atom. The monoisotopic (exact) mass is 612 g/mol. The molecule has 7 heterocycles. The molecule has 1 saturated carbocycles. The highest BCUT2D eigenvalue weighted by Crippen LogP contribution is 2.32. The lowest BCUT2D eigenvalue weighted by atomic mass is 9.95. The summed E-state index contributed by atoms with van der Waals surface area (Å²) in [4.78, 5) is 50.3. The van der Waals surface area contributed by atoms with Gasteiger partial charge < -0.3 is 15.5 Å². The number of carbonyl (C=O) groups is 1. The van der Waals surface area contributed by atoms with Crippen LogP contribution in [0.15, 0.2) is 29.3 Å². The second kappa shape index (κ2) is 11.7. The first-order valence-electron chi connectivity index (χ1n) is 16.8. The standard InChI is InChI=1S/C33H44N10O2/c1-21-28-16-36-33(38-31(28)43(23-5-3-4-6-23)32(45)30(21)22(2)44)37-29-8-7-24(15-35-29)39-9-11-40(12-10-39)26-17-42(18-26)27-19-41(20-27)25-13-34-14-25/h7-8,15-16,23,25-27,34H,3-6,9-14,17-20H2,1-2H3,(H,35,36,37,38). The van der Waals surface area contributed by atoms with Gasteiger partial charge >= 0.3 is 0 Å². The van der Waals surface area contributed by atoms with Gasteiger partial charge in [0.05, 0.1) is 17.4 Å². The minimum absolute atomic E-state index is 0.0471. The minimum atomic E-state index is -0.242. The van der Waals surface area contributed by atoms with Crippen LogP contribution in [0.3, 0.4) is 0 Å². The summed E-state index contributed by atoms with van der Waals surface area (Å²) in [6.45, 7) is 14.7. The predicted molar refractivity (Wildman–Crippen MR) is 175 cm³/mol. The SMILES string of the molecule is CC(=O)c1c(C)c2cnc(Nc3ccc(N4CCN(C5CN(C6CN(C7CNC7)C6)C5)CC4)cn3)nc2n(C2CCCC2)c1=O. The van der Waals surface area contributed by atoms with E-state index < -0.39 is 0 Å². The van der Waals surface area contributed by atoms with E-state index in [2.05, 4.69) is 46.3 Å². The highest BCUT2D eigenvalue weighted by molar-refractivity contribution is 5.99. The number of aromatic nitrogens is 4. The Kier molecular flexibility index (Phi) is 7.55. The lowest BCUT2D eigenvalue weighted by Crippen LogP contribution is -2.74. The molecule has 45 heavy (non-hydrogen) atoms. The molecule has 0 unspecified atom stereocenters. The molecule has 5 aliphatic rings. The fraction of sp³-hybridized carbons (Fsp3) is 0.606. The van der Waals surface area contributed by atoms with Gasteiger partial charge in [-0.1, -0.05) is 12.8 Å². The molecule has 5 fully saturated rings. The van der Waals surface area contributed by atoms with Crippen molar-refractivity contribution in [1.29, 1.82) is 0 Å². The zero-order valence-electron chi connectivity index (χ0n) is 26.4. The third-order valence-corrected chi connectivity index (χ3v) is 11.0. The maximum Gasteiger partial charge on any atom is 0.263 e. The first-order valence-corrected chi connectivity index (χ1v) is 16.8. The van der Waals surface area contributed by atoms with Gasteiger partial charge in [0.25, 0.3) is 5.56 Å². The molecular weight excluding hydrogens is 568 g/mol. The van der Waals surface area contributed by atoms with E-state index in [1.807, 2.05) is 19.2 Å². The maximum atomic E-state index is 13.5. The van der Waals surface area contributed by atoms with Gasteiger partial charge in [0.2, 0.25) is 5.95 Å². The van der Waals surface area contributed by atoms with E-state index in [0.717, 1.165) is 75.0 Å². The second-order valence-electron chi connectivity index (χ2n) is 13.7. The third-order valence-electron chi connectivity index (χ3n) is 11.0. The predicted octanol–water partition coefficient (Wildman–Crippen LogP) is 2.02. The molecule has 0 amide bonds. The van der Waals surface area contributed by atoms with E-state index >= 15 is 0 Å². The molecule has 0 spiro atoms. The summed E-state index contributed by atoms with van der Waals surface area (Å²) in [6.07, 6.45) is 7.61. The van der Waals surface area contributed by atoms with Gasteiger partial charge in [-0.3, -0.25) is 28.9 Å². The number of rotatable bonds is 8. The number of ketones is 1. The molecule has 4 aliphatic heterocycles. The van der Waals surface area contributed by atoms with E-state index in [1.165, 1.54) is 46.2 Å². The van der Waals surface area contributed by atoms with Gasteiger partial charge in [-0.2, -0.15) is 4.98 Å². The van der Waals surface area contributed by atoms with Crippen LogP contribution in [0.25, 0.3) is 11.0 Å². The number of nitrogens with one attached hydrogen (secondary N) is 2. The minimum Gasteiger partial charge on any atom is -0.368 e. The van der Waals surface area contributed by atoms with Crippen molar-refractivity contribution in [2.45, 2.75) is 63.7 Å². The van der Waals surface area contributed by atoms with Gasteiger partial charge in [0.1, 0.15) is 11.5 Å². The zero-order chi connectivity index (χ0) is 30.7. The molecule has 8 rings (SSSR count). The van der Waals surface area contributed by atoms with Crippen molar-refractivity contribution in [1.82, 2.24) is 39.5 Å². The molecule has 2 N–H and O–H groups in total. The van der Waals surface area contributed by atoms with E-state index in [-0.39, 0.29) is 22.9 Å². The second-order valence-corrected chi connectivity index (χ2v) is 13.7. The summed E-state index contributed by atoms with van der Waals surface area (Å²) in [5.74, 6) is 0.828. The van der Waals surface area contributed by atoms with Crippen LogP contribution >= 0.6 is 0 Å². The summed E-state index contributed by atoms with van der Waals surface area (Å²) < 4.78 is 1.74. The molecule has 12 nitrogen and oxygen atoms in total. The Bertz CT molecular complexity index is 1630. The molecule has 3 aromatic heterocycles. The fourth-order valence-corrected chi connectivity index (χ4v) is 7.98. The maximum absolute atomic E-state index is 13.5. The highest BCUT2D eigenvalue weighted by atomic mass is 16.1. The average Bonchev–Trinajstić information content (AvgIpc) is 3.49. The van der Waals surface area contributed by atoms with Crippen LogP contribution in [-0.2, 0) is 0 Å². The fourth-order valence-electron chi connectivity index (χ4n) is 7.98. The van der Waals surface area contributed by atoms with E-state index in [9.17, 15) is 9.59 Å². The van der Waals surface area contributed by atoms with Crippen LogP contribution in [0.1, 0.15) is 54.6 Å². The Morgan fingerprint density at radius 2 is 1.56 bits per heavy atom. The first kappa shape index (κ1) is 29.0. The van der Waals surface area contributed by atoms with Gasteiger partial charge in [0, 0.05) is 101 Å². The quantitative estimate of drug-likeness (QED) is 0.364. The molecule has 12 heteroatoms. The number of pyridine rings is 2. The van der Waals surface area contributed by atoms with Crippen LogP contribution in [0.5, 0.6) is 0 Å². The number of carbonyl (C=O) groups excluding carboxylic acids is 1. The number of hydrogen-bond acceptors (Lipinski definition) is 11. The molecule has 0 aromatic carbocycles. The molecule has 0 radical (unpaired) electrons. The number of piperazine rings is 1. The first-order chi connectivity index (χ1) is 21.9. The number of anilines is 3. The Balaban J connectivity index is 0.889. The summed E-state index contributed by atoms with van der Waals surface area (Å²) >= 11 is 0. The van der Waals surface area contributed by atoms with Crippen molar-refractivity contribution in [3.8, 4) is 0 Å². The van der Waals surface area contributed by atoms with E-state index in [0.29, 0.717) is 29.0 Å². The van der Waals surface area contributed by atoms with Crippen molar-refractivity contribution >= 4 is 34.3 Å². The lowest BCUT2D eigenvalue weighted by Gasteiger charge is -2.57. The summed E-state index contributed by atoms with van der Waals surface area (Å²) in [6, 6.07) is 6.37. The molecule has 4 saturated heterocycles. The van der Waals surface area contributed by atoms with Gasteiger partial charge in [-0.15, -0.1) is 0 Å². The van der Waals surface area contributed by atoms with Crippen LogP contribution in [-0.4, -0.2) is 124 Å². The summed E-state index contributed by atoms with van der Waals surface area (Å²) in [7, 11) is 0. The summed E-state index contributed by atoms with van der Waals surface area (Å²) in [5.41, 5.74) is 2.35.